The summed E-state index contributed by atoms with van der Waals surface area (Å²) >= 11 is 0. The molecule has 29 heavy (non-hydrogen) atoms. The van der Waals surface area contributed by atoms with Crippen molar-refractivity contribution in [1.29, 1.82) is 0 Å². The van der Waals surface area contributed by atoms with Crippen LogP contribution >= 0.6 is 0 Å². The van der Waals surface area contributed by atoms with E-state index in [1.165, 1.54) is 7.11 Å². The molecule has 1 saturated heterocycles. The summed E-state index contributed by atoms with van der Waals surface area (Å²) in [5.41, 5.74) is 4.12. The SMILES string of the molecule is COC(=O)C1CON(c2ccc(OC)cc2)C1c1ccc(-c2ccccc2)cc1. The number of carbonyl (C=O) groups excluding carboxylic acids is 1. The lowest BCUT2D eigenvalue weighted by molar-refractivity contribution is -0.145. The van der Waals surface area contributed by atoms with E-state index >= 15 is 0 Å². The Hall–Kier alpha value is -3.31. The number of esters is 1. The molecule has 1 heterocycles. The first-order valence-corrected chi connectivity index (χ1v) is 9.50. The summed E-state index contributed by atoms with van der Waals surface area (Å²) in [6.07, 6.45) is 0. The minimum absolute atomic E-state index is 0.268. The molecule has 5 heteroatoms. The lowest BCUT2D eigenvalue weighted by Gasteiger charge is -2.27. The maximum absolute atomic E-state index is 12.4. The molecular weight excluding hydrogens is 366 g/mol. The van der Waals surface area contributed by atoms with Gasteiger partial charge in [0.15, 0.2) is 0 Å². The molecule has 5 nitrogen and oxygen atoms in total. The number of nitrogens with zero attached hydrogens (tertiary/aromatic N) is 1. The predicted molar refractivity (Wildman–Crippen MR) is 112 cm³/mol. The third-order valence-electron chi connectivity index (χ3n) is 5.22. The molecule has 0 amide bonds. The highest BCUT2D eigenvalue weighted by Gasteiger charge is 2.42. The summed E-state index contributed by atoms with van der Waals surface area (Å²) in [5.74, 6) is 0.0732. The molecule has 0 aliphatic carbocycles. The normalized spacial score (nSPS) is 18.5. The van der Waals surface area contributed by atoms with Gasteiger partial charge in [0.1, 0.15) is 11.7 Å². The standard InChI is InChI=1S/C24H23NO4/c1-27-21-14-12-20(13-15-21)25-23(22(16-29-25)24(26)28-2)19-10-8-18(9-11-19)17-6-4-3-5-7-17/h3-15,22-23H,16H2,1-2H3. The smallest absolute Gasteiger partial charge is 0.313 e. The Labute approximate surface area is 170 Å². The molecule has 148 valence electrons. The van der Waals surface area contributed by atoms with Crippen LogP contribution in [0.1, 0.15) is 11.6 Å². The van der Waals surface area contributed by atoms with Crippen molar-refractivity contribution < 1.29 is 19.1 Å². The van der Waals surface area contributed by atoms with Crippen LogP contribution in [0.2, 0.25) is 0 Å². The number of hydrogen-bond donors (Lipinski definition) is 0. The molecule has 0 spiro atoms. The van der Waals surface area contributed by atoms with Crippen LogP contribution in [0.15, 0.2) is 78.9 Å². The maximum Gasteiger partial charge on any atom is 0.313 e. The Morgan fingerprint density at radius 3 is 2.17 bits per heavy atom. The van der Waals surface area contributed by atoms with E-state index < -0.39 is 5.92 Å². The van der Waals surface area contributed by atoms with Crippen LogP contribution in [0.3, 0.4) is 0 Å². The van der Waals surface area contributed by atoms with Crippen molar-refractivity contribution in [3.63, 3.8) is 0 Å². The van der Waals surface area contributed by atoms with Gasteiger partial charge in [0.25, 0.3) is 0 Å². The summed E-state index contributed by atoms with van der Waals surface area (Å²) in [6.45, 7) is 0.268. The Balaban J connectivity index is 1.68. The van der Waals surface area contributed by atoms with Gasteiger partial charge < -0.3 is 9.47 Å². The van der Waals surface area contributed by atoms with Crippen molar-refractivity contribution >= 4 is 11.7 Å². The number of hydrogen-bond acceptors (Lipinski definition) is 5. The lowest BCUT2D eigenvalue weighted by atomic mass is 9.92. The average molecular weight is 389 g/mol. The van der Waals surface area contributed by atoms with Crippen molar-refractivity contribution in [1.82, 2.24) is 0 Å². The Morgan fingerprint density at radius 2 is 1.55 bits per heavy atom. The maximum atomic E-state index is 12.4. The van der Waals surface area contributed by atoms with Crippen molar-refractivity contribution in [2.24, 2.45) is 5.92 Å². The monoisotopic (exact) mass is 389 g/mol. The van der Waals surface area contributed by atoms with Crippen molar-refractivity contribution in [2.45, 2.75) is 6.04 Å². The number of benzene rings is 3. The van der Waals surface area contributed by atoms with E-state index in [0.717, 1.165) is 28.1 Å². The summed E-state index contributed by atoms with van der Waals surface area (Å²) < 4.78 is 10.3. The van der Waals surface area contributed by atoms with Gasteiger partial charge in [-0.15, -0.1) is 0 Å². The quantitative estimate of drug-likeness (QED) is 0.595. The highest BCUT2D eigenvalue weighted by molar-refractivity contribution is 5.75. The van der Waals surface area contributed by atoms with Crippen molar-refractivity contribution in [3.05, 3.63) is 84.4 Å². The van der Waals surface area contributed by atoms with Gasteiger partial charge in [-0.25, -0.2) is 5.06 Å². The first-order chi connectivity index (χ1) is 14.2. The van der Waals surface area contributed by atoms with Gasteiger partial charge in [0.2, 0.25) is 0 Å². The van der Waals surface area contributed by atoms with Gasteiger partial charge in [-0.2, -0.15) is 0 Å². The zero-order valence-electron chi connectivity index (χ0n) is 16.4. The molecular formula is C24H23NO4. The fraction of sp³-hybridized carbons (Fsp3) is 0.208. The predicted octanol–water partition coefficient (Wildman–Crippen LogP) is 4.64. The van der Waals surface area contributed by atoms with Crippen LogP contribution < -0.4 is 9.80 Å². The van der Waals surface area contributed by atoms with Gasteiger partial charge in [-0.1, -0.05) is 54.6 Å². The number of anilines is 1. The van der Waals surface area contributed by atoms with Crippen molar-refractivity contribution in [2.75, 3.05) is 25.9 Å². The highest BCUT2D eigenvalue weighted by Crippen LogP contribution is 2.40. The molecule has 3 aromatic carbocycles. The van der Waals surface area contributed by atoms with E-state index in [0.29, 0.717) is 0 Å². The van der Waals surface area contributed by atoms with E-state index in [1.807, 2.05) is 54.6 Å². The second-order valence-corrected chi connectivity index (χ2v) is 6.88. The van der Waals surface area contributed by atoms with E-state index in [2.05, 4.69) is 24.3 Å². The van der Waals surface area contributed by atoms with E-state index in [1.54, 1.807) is 12.2 Å². The summed E-state index contributed by atoms with van der Waals surface area (Å²) in [7, 11) is 3.04. The van der Waals surface area contributed by atoms with E-state index in [4.69, 9.17) is 14.3 Å². The molecule has 1 fully saturated rings. The molecule has 4 rings (SSSR count). The third kappa shape index (κ3) is 3.82. The minimum Gasteiger partial charge on any atom is -0.497 e. The van der Waals surface area contributed by atoms with Gasteiger partial charge >= 0.3 is 5.97 Å². The molecule has 2 unspecified atom stereocenters. The zero-order valence-corrected chi connectivity index (χ0v) is 16.4. The molecule has 1 aliphatic heterocycles. The minimum atomic E-state index is -0.412. The highest BCUT2D eigenvalue weighted by atomic mass is 16.7. The van der Waals surface area contributed by atoms with Crippen LogP contribution in [0.25, 0.3) is 11.1 Å². The Kier molecular flexibility index (Phi) is 5.49. The Morgan fingerprint density at radius 1 is 0.897 bits per heavy atom. The first-order valence-electron chi connectivity index (χ1n) is 9.50. The molecule has 0 aromatic heterocycles. The molecule has 0 N–H and O–H groups in total. The first kappa shape index (κ1) is 19.0. The number of carbonyl (C=O) groups is 1. The molecule has 3 aromatic rings. The van der Waals surface area contributed by atoms with Gasteiger partial charge in [0, 0.05) is 0 Å². The third-order valence-corrected chi connectivity index (χ3v) is 5.22. The Bertz CT molecular complexity index is 954. The van der Waals surface area contributed by atoms with Crippen molar-refractivity contribution in [3.8, 4) is 16.9 Å². The second kappa shape index (κ2) is 8.37. The second-order valence-electron chi connectivity index (χ2n) is 6.88. The van der Waals surface area contributed by atoms with Crippen LogP contribution in [0.5, 0.6) is 5.75 Å². The zero-order chi connectivity index (χ0) is 20.2. The number of hydroxylamine groups is 1. The van der Waals surface area contributed by atoms with Gasteiger partial charge in [0.05, 0.1) is 32.6 Å². The average Bonchev–Trinajstić information content (AvgIpc) is 3.24. The number of ether oxygens (including phenoxy) is 2. The van der Waals surface area contributed by atoms with Crippen LogP contribution in [0.4, 0.5) is 5.69 Å². The van der Waals surface area contributed by atoms with Crippen LogP contribution in [-0.4, -0.2) is 26.8 Å². The van der Waals surface area contributed by atoms with E-state index in [-0.39, 0.29) is 18.6 Å². The lowest BCUT2D eigenvalue weighted by Crippen LogP contribution is -2.28. The van der Waals surface area contributed by atoms with Crippen LogP contribution in [-0.2, 0) is 14.4 Å². The fourth-order valence-corrected chi connectivity index (χ4v) is 3.68. The molecule has 2 atom stereocenters. The fourth-order valence-electron chi connectivity index (χ4n) is 3.68. The molecule has 0 saturated carbocycles. The summed E-state index contributed by atoms with van der Waals surface area (Å²) in [4.78, 5) is 18.3. The van der Waals surface area contributed by atoms with Gasteiger partial charge in [-0.05, 0) is 41.0 Å². The summed E-state index contributed by atoms with van der Waals surface area (Å²) in [5, 5.41) is 1.79. The summed E-state index contributed by atoms with van der Waals surface area (Å²) in [6, 6.07) is 25.8. The number of methoxy groups -OCH3 is 2. The number of rotatable bonds is 5. The largest absolute Gasteiger partial charge is 0.497 e. The van der Waals surface area contributed by atoms with E-state index in [9.17, 15) is 4.79 Å². The van der Waals surface area contributed by atoms with Gasteiger partial charge in [-0.3, -0.25) is 9.63 Å². The topological polar surface area (TPSA) is 48.0 Å². The molecule has 0 bridgehead atoms. The molecule has 1 aliphatic rings. The van der Waals surface area contributed by atoms with Crippen LogP contribution in [0, 0.1) is 5.92 Å². The molecule has 0 radical (unpaired) electrons.